The van der Waals surface area contributed by atoms with Gasteiger partial charge >= 0.3 is 0 Å². The third kappa shape index (κ3) is 4.08. The standard InChI is InChI=1S/C19H18ClN3O2S/c1-12-7-8-13(11-15(12)20)21-17(24)9-10-26-19-22-16-6-4-3-5-14(16)18(25)23(19)2/h3-8,11H,9-10H2,1-2H3,(H,21,24). The number of carbonyl (C=O) groups excluding carboxylic acids is 1. The lowest BCUT2D eigenvalue weighted by Gasteiger charge is -2.09. The molecule has 26 heavy (non-hydrogen) atoms. The van der Waals surface area contributed by atoms with Gasteiger partial charge in [0, 0.05) is 29.9 Å². The second-order valence-electron chi connectivity index (χ2n) is 5.89. The summed E-state index contributed by atoms with van der Waals surface area (Å²) in [5, 5.41) is 4.63. The van der Waals surface area contributed by atoms with E-state index in [-0.39, 0.29) is 11.5 Å². The number of carbonyl (C=O) groups is 1. The average Bonchev–Trinajstić information content (AvgIpc) is 2.62. The van der Waals surface area contributed by atoms with Crippen LogP contribution in [0.2, 0.25) is 5.02 Å². The normalized spacial score (nSPS) is 10.9. The summed E-state index contributed by atoms with van der Waals surface area (Å²) >= 11 is 7.45. The Morgan fingerprint density at radius 1 is 1.27 bits per heavy atom. The molecule has 1 aromatic heterocycles. The number of rotatable bonds is 5. The maximum absolute atomic E-state index is 12.4. The molecule has 0 aliphatic carbocycles. The number of para-hydroxylation sites is 1. The zero-order valence-electron chi connectivity index (χ0n) is 14.5. The van der Waals surface area contributed by atoms with E-state index >= 15 is 0 Å². The predicted octanol–water partition coefficient (Wildman–Crippen LogP) is 4.02. The van der Waals surface area contributed by atoms with Crippen molar-refractivity contribution in [3.63, 3.8) is 0 Å². The minimum atomic E-state index is -0.108. The Balaban J connectivity index is 1.63. The van der Waals surface area contributed by atoms with E-state index in [1.807, 2.05) is 37.3 Å². The highest BCUT2D eigenvalue weighted by Gasteiger charge is 2.10. The number of hydrogen-bond acceptors (Lipinski definition) is 4. The lowest BCUT2D eigenvalue weighted by atomic mass is 10.2. The topological polar surface area (TPSA) is 64.0 Å². The summed E-state index contributed by atoms with van der Waals surface area (Å²) < 4.78 is 1.52. The molecule has 0 saturated heterocycles. The molecule has 1 N–H and O–H groups in total. The maximum atomic E-state index is 12.4. The molecule has 0 atom stereocenters. The number of nitrogens with one attached hydrogen (secondary N) is 1. The Morgan fingerprint density at radius 2 is 2.04 bits per heavy atom. The molecule has 0 aliphatic rings. The second kappa shape index (κ2) is 7.93. The van der Waals surface area contributed by atoms with Crippen LogP contribution in [0.5, 0.6) is 0 Å². The number of halogens is 1. The Labute approximate surface area is 160 Å². The summed E-state index contributed by atoms with van der Waals surface area (Å²) in [6.07, 6.45) is 0.304. The van der Waals surface area contributed by atoms with E-state index in [1.54, 1.807) is 19.2 Å². The highest BCUT2D eigenvalue weighted by atomic mass is 35.5. The van der Waals surface area contributed by atoms with Gasteiger partial charge in [-0.3, -0.25) is 14.2 Å². The van der Waals surface area contributed by atoms with Gasteiger partial charge < -0.3 is 5.32 Å². The molecule has 1 amide bonds. The number of hydrogen-bond donors (Lipinski definition) is 1. The molecule has 134 valence electrons. The van der Waals surface area contributed by atoms with Crippen LogP contribution in [0, 0.1) is 6.92 Å². The van der Waals surface area contributed by atoms with Crippen LogP contribution in [-0.4, -0.2) is 21.2 Å². The predicted molar refractivity (Wildman–Crippen MR) is 107 cm³/mol. The molecule has 2 aromatic carbocycles. The van der Waals surface area contributed by atoms with Gasteiger partial charge in [-0.05, 0) is 36.8 Å². The fraction of sp³-hybridized carbons (Fsp3) is 0.211. The molecule has 0 aliphatic heterocycles. The molecule has 0 spiro atoms. The highest BCUT2D eigenvalue weighted by molar-refractivity contribution is 7.99. The van der Waals surface area contributed by atoms with Gasteiger partial charge in [0.1, 0.15) is 0 Å². The van der Waals surface area contributed by atoms with Crippen molar-refractivity contribution in [1.82, 2.24) is 9.55 Å². The molecular formula is C19H18ClN3O2S. The zero-order valence-corrected chi connectivity index (χ0v) is 16.0. The molecule has 5 nitrogen and oxygen atoms in total. The van der Waals surface area contributed by atoms with E-state index in [1.165, 1.54) is 16.3 Å². The summed E-state index contributed by atoms with van der Waals surface area (Å²) in [5.74, 6) is 0.410. The molecule has 7 heteroatoms. The number of nitrogens with zero attached hydrogens (tertiary/aromatic N) is 2. The number of thioether (sulfide) groups is 1. The van der Waals surface area contributed by atoms with Crippen molar-refractivity contribution in [1.29, 1.82) is 0 Å². The smallest absolute Gasteiger partial charge is 0.261 e. The molecule has 0 unspecified atom stereocenters. The van der Waals surface area contributed by atoms with Crippen LogP contribution in [-0.2, 0) is 11.8 Å². The molecular weight excluding hydrogens is 370 g/mol. The first-order valence-electron chi connectivity index (χ1n) is 8.10. The van der Waals surface area contributed by atoms with E-state index < -0.39 is 0 Å². The lowest BCUT2D eigenvalue weighted by Crippen LogP contribution is -2.20. The third-order valence-electron chi connectivity index (χ3n) is 3.96. The first-order chi connectivity index (χ1) is 12.5. The van der Waals surface area contributed by atoms with E-state index in [0.29, 0.717) is 38.9 Å². The highest BCUT2D eigenvalue weighted by Crippen LogP contribution is 2.21. The van der Waals surface area contributed by atoms with Gasteiger partial charge in [0.2, 0.25) is 5.91 Å². The van der Waals surface area contributed by atoms with Crippen LogP contribution in [0.25, 0.3) is 10.9 Å². The monoisotopic (exact) mass is 387 g/mol. The second-order valence-corrected chi connectivity index (χ2v) is 7.36. The van der Waals surface area contributed by atoms with E-state index in [2.05, 4.69) is 10.3 Å². The third-order valence-corrected chi connectivity index (χ3v) is 5.40. The summed E-state index contributed by atoms with van der Waals surface area (Å²) in [6, 6.07) is 12.7. The number of fused-ring (bicyclic) bond motifs is 1. The minimum absolute atomic E-state index is 0.0863. The summed E-state index contributed by atoms with van der Waals surface area (Å²) in [7, 11) is 1.69. The summed E-state index contributed by atoms with van der Waals surface area (Å²) in [6.45, 7) is 1.91. The van der Waals surface area contributed by atoms with Crippen LogP contribution < -0.4 is 10.9 Å². The van der Waals surface area contributed by atoms with Gasteiger partial charge in [-0.25, -0.2) is 4.98 Å². The Bertz CT molecular complexity index is 1030. The van der Waals surface area contributed by atoms with Gasteiger partial charge in [0.25, 0.3) is 5.56 Å². The number of aryl methyl sites for hydroxylation is 1. The van der Waals surface area contributed by atoms with Crippen LogP contribution in [0.4, 0.5) is 5.69 Å². The van der Waals surface area contributed by atoms with Crippen LogP contribution >= 0.6 is 23.4 Å². The van der Waals surface area contributed by atoms with E-state index in [4.69, 9.17) is 11.6 Å². The lowest BCUT2D eigenvalue weighted by molar-refractivity contribution is -0.115. The quantitative estimate of drug-likeness (QED) is 0.530. The fourth-order valence-corrected chi connectivity index (χ4v) is 3.55. The number of amides is 1. The number of benzene rings is 2. The molecule has 0 saturated carbocycles. The van der Waals surface area contributed by atoms with Crippen LogP contribution in [0.15, 0.2) is 52.4 Å². The van der Waals surface area contributed by atoms with Gasteiger partial charge in [0.15, 0.2) is 5.16 Å². The first-order valence-corrected chi connectivity index (χ1v) is 9.46. The van der Waals surface area contributed by atoms with E-state index in [0.717, 1.165) is 5.56 Å². The van der Waals surface area contributed by atoms with Crippen molar-refractivity contribution in [3.8, 4) is 0 Å². The van der Waals surface area contributed by atoms with Crippen molar-refractivity contribution < 1.29 is 4.79 Å². The number of aromatic nitrogens is 2. The minimum Gasteiger partial charge on any atom is -0.326 e. The van der Waals surface area contributed by atoms with Crippen LogP contribution in [0.3, 0.4) is 0 Å². The van der Waals surface area contributed by atoms with Gasteiger partial charge in [-0.15, -0.1) is 0 Å². The summed E-state index contributed by atoms with van der Waals surface area (Å²) in [5.41, 5.74) is 2.21. The zero-order chi connectivity index (χ0) is 18.7. The van der Waals surface area contributed by atoms with Crippen LogP contribution in [0.1, 0.15) is 12.0 Å². The maximum Gasteiger partial charge on any atom is 0.261 e. The molecule has 1 heterocycles. The Morgan fingerprint density at radius 3 is 2.81 bits per heavy atom. The molecule has 3 rings (SSSR count). The average molecular weight is 388 g/mol. The fourth-order valence-electron chi connectivity index (χ4n) is 2.46. The summed E-state index contributed by atoms with van der Waals surface area (Å²) in [4.78, 5) is 29.0. The van der Waals surface area contributed by atoms with Gasteiger partial charge in [0.05, 0.1) is 10.9 Å². The first kappa shape index (κ1) is 18.5. The Hall–Kier alpha value is -2.31. The largest absolute Gasteiger partial charge is 0.326 e. The van der Waals surface area contributed by atoms with Crippen molar-refractivity contribution in [2.75, 3.05) is 11.1 Å². The van der Waals surface area contributed by atoms with Crippen molar-refractivity contribution in [2.45, 2.75) is 18.5 Å². The van der Waals surface area contributed by atoms with Crippen molar-refractivity contribution in [2.24, 2.45) is 7.05 Å². The Kier molecular flexibility index (Phi) is 5.64. The van der Waals surface area contributed by atoms with Crippen molar-refractivity contribution >= 4 is 45.9 Å². The van der Waals surface area contributed by atoms with Gasteiger partial charge in [-0.1, -0.05) is 41.6 Å². The SMILES string of the molecule is Cc1ccc(NC(=O)CCSc2nc3ccccc3c(=O)n2C)cc1Cl. The molecule has 3 aromatic rings. The van der Waals surface area contributed by atoms with E-state index in [9.17, 15) is 9.59 Å². The molecule has 0 radical (unpaired) electrons. The van der Waals surface area contributed by atoms with Gasteiger partial charge in [-0.2, -0.15) is 0 Å². The molecule has 0 fully saturated rings. The molecule has 0 bridgehead atoms. The number of anilines is 1. The van der Waals surface area contributed by atoms with Crippen molar-refractivity contribution in [3.05, 3.63) is 63.4 Å².